The van der Waals surface area contributed by atoms with E-state index in [-0.39, 0.29) is 42.7 Å². The Hall–Kier alpha value is -2.71. The monoisotopic (exact) mass is 788 g/mol. The van der Waals surface area contributed by atoms with Crippen molar-refractivity contribution in [2.45, 2.75) is 199 Å². The van der Waals surface area contributed by atoms with Crippen molar-refractivity contribution in [3.8, 4) is 0 Å². The number of likely N-dealkylation sites (N-methyl/N-ethyl adjacent to an activating group) is 1. The summed E-state index contributed by atoms with van der Waals surface area (Å²) < 4.78 is 17.1. The number of unbranched alkanes of at least 4 members (excludes halogenated alkanes) is 18. The minimum Gasteiger partial charge on any atom is -0.544 e. The van der Waals surface area contributed by atoms with Gasteiger partial charge in [-0.3, -0.25) is 9.59 Å². The van der Waals surface area contributed by atoms with Gasteiger partial charge in [-0.05, 0) is 57.8 Å². The van der Waals surface area contributed by atoms with Gasteiger partial charge in [-0.2, -0.15) is 0 Å². The molecule has 0 aliphatic carbocycles. The van der Waals surface area contributed by atoms with E-state index in [0.717, 1.165) is 77.0 Å². The molecule has 0 saturated carbocycles. The summed E-state index contributed by atoms with van der Waals surface area (Å²) in [5.74, 6) is -1.76. The molecule has 0 heterocycles. The molecule has 0 aromatic heterocycles. The quantitative estimate of drug-likeness (QED) is 0.0264. The number of carbonyl (C=O) groups is 3. The Kier molecular flexibility index (Phi) is 37.2. The number of allylic oxidation sites excluding steroid dienone is 8. The second kappa shape index (κ2) is 39.1. The Bertz CT molecular complexity index is 1060. The minimum absolute atomic E-state index is 0.0353. The fourth-order valence-corrected chi connectivity index (χ4v) is 6.41. The van der Waals surface area contributed by atoms with Crippen LogP contribution in [0.2, 0.25) is 0 Å². The average Bonchev–Trinajstić information content (AvgIpc) is 3.15. The third-order valence-electron chi connectivity index (χ3n) is 9.97. The van der Waals surface area contributed by atoms with Crippen LogP contribution in [0.15, 0.2) is 48.6 Å². The van der Waals surface area contributed by atoms with Crippen molar-refractivity contribution in [2.24, 2.45) is 0 Å². The lowest BCUT2D eigenvalue weighted by Gasteiger charge is -2.34. The zero-order valence-corrected chi connectivity index (χ0v) is 36.8. The Balaban J connectivity index is 4.31. The summed E-state index contributed by atoms with van der Waals surface area (Å²) in [6.45, 7) is 4.60. The van der Waals surface area contributed by atoms with Gasteiger partial charge in [0.2, 0.25) is 0 Å². The molecule has 0 bridgehead atoms. The fraction of sp³-hybridized carbons (Fsp3) is 0.771. The number of carboxylic acids is 1. The van der Waals surface area contributed by atoms with Crippen molar-refractivity contribution in [1.29, 1.82) is 0 Å². The lowest BCUT2D eigenvalue weighted by atomic mass is 10.1. The highest BCUT2D eigenvalue weighted by molar-refractivity contribution is 5.70. The molecule has 0 fully saturated rings. The number of ether oxygens (including phenoxy) is 3. The van der Waals surface area contributed by atoms with Gasteiger partial charge in [-0.1, -0.05) is 159 Å². The molecule has 0 saturated heterocycles. The number of quaternary nitrogens is 1. The van der Waals surface area contributed by atoms with E-state index >= 15 is 0 Å². The summed E-state index contributed by atoms with van der Waals surface area (Å²) in [5, 5.41) is 11.6. The molecule has 56 heavy (non-hydrogen) atoms. The fourth-order valence-electron chi connectivity index (χ4n) is 6.41. The van der Waals surface area contributed by atoms with Crippen LogP contribution in [0, 0.1) is 0 Å². The molecule has 0 radical (unpaired) electrons. The molecule has 324 valence electrons. The van der Waals surface area contributed by atoms with Crippen molar-refractivity contribution in [3.63, 3.8) is 0 Å². The maximum absolute atomic E-state index is 12.7. The minimum atomic E-state index is -1.13. The maximum Gasteiger partial charge on any atom is 0.306 e. The van der Waals surface area contributed by atoms with E-state index in [1.165, 1.54) is 77.0 Å². The van der Waals surface area contributed by atoms with Gasteiger partial charge >= 0.3 is 11.9 Å². The van der Waals surface area contributed by atoms with E-state index in [1.807, 2.05) is 0 Å². The van der Waals surface area contributed by atoms with Crippen LogP contribution in [-0.4, -0.2) is 75.5 Å². The van der Waals surface area contributed by atoms with Gasteiger partial charge in [0.1, 0.15) is 12.6 Å². The second-order valence-electron chi connectivity index (χ2n) is 16.3. The van der Waals surface area contributed by atoms with Crippen molar-refractivity contribution in [1.82, 2.24) is 0 Å². The van der Waals surface area contributed by atoms with E-state index in [2.05, 4.69) is 62.5 Å². The first-order valence-corrected chi connectivity index (χ1v) is 22.7. The molecule has 8 nitrogen and oxygen atoms in total. The molecule has 2 atom stereocenters. The Morgan fingerprint density at radius 1 is 0.536 bits per heavy atom. The molecule has 2 unspecified atom stereocenters. The first-order chi connectivity index (χ1) is 27.1. The lowest BCUT2D eigenvalue weighted by molar-refractivity contribution is -0.889. The molecule has 0 rings (SSSR count). The first-order valence-electron chi connectivity index (χ1n) is 22.7. The van der Waals surface area contributed by atoms with Crippen LogP contribution in [0.4, 0.5) is 0 Å². The normalized spacial score (nSPS) is 13.4. The predicted molar refractivity (Wildman–Crippen MR) is 231 cm³/mol. The van der Waals surface area contributed by atoms with Gasteiger partial charge < -0.3 is 28.6 Å². The summed E-state index contributed by atoms with van der Waals surface area (Å²) in [4.78, 5) is 36.8. The van der Waals surface area contributed by atoms with Gasteiger partial charge in [-0.15, -0.1) is 0 Å². The molecule has 0 aromatic carbocycles. The summed E-state index contributed by atoms with van der Waals surface area (Å²) in [7, 11) is 5.40. The average molecular weight is 788 g/mol. The van der Waals surface area contributed by atoms with Crippen LogP contribution in [0.5, 0.6) is 0 Å². The number of hydrogen-bond acceptors (Lipinski definition) is 7. The first kappa shape index (κ1) is 53.3. The molecule has 0 amide bonds. The van der Waals surface area contributed by atoms with E-state index < -0.39 is 18.1 Å². The summed E-state index contributed by atoms with van der Waals surface area (Å²) in [5.41, 5.74) is 0. The van der Waals surface area contributed by atoms with Crippen LogP contribution in [0.25, 0.3) is 0 Å². The molecule has 0 aliphatic heterocycles. The van der Waals surface area contributed by atoms with E-state index in [4.69, 9.17) is 14.2 Å². The molecular weight excluding hydrogens is 703 g/mol. The van der Waals surface area contributed by atoms with Gasteiger partial charge in [0, 0.05) is 19.3 Å². The molecule has 8 heteroatoms. The van der Waals surface area contributed by atoms with E-state index in [9.17, 15) is 19.5 Å². The number of nitrogens with zero attached hydrogens (tertiary/aromatic N) is 1. The number of carboxylic acid groups (broad SMARTS) is 1. The summed E-state index contributed by atoms with van der Waals surface area (Å²) >= 11 is 0. The number of carbonyl (C=O) groups excluding carboxylic acids is 3. The van der Waals surface area contributed by atoms with E-state index in [1.54, 1.807) is 21.1 Å². The third kappa shape index (κ3) is 36.9. The standard InChI is InChI=1S/C48H85NO7/c1-6-8-10-12-14-16-18-19-20-21-22-23-24-25-26-27-29-30-32-34-36-38-46(50)55-43-44(42-54-41-40-45(48(52)53)49(3,4)5)56-47(51)39-37-35-33-31-28-17-15-13-11-9-7-2/h14,16,19-20,22-23,25-26,44-45H,6-13,15,17-18,21,24,27-43H2,1-5H3/b16-14+,20-19+,23-22+,26-25+. The number of rotatable bonds is 40. The van der Waals surface area contributed by atoms with Gasteiger partial charge in [0.05, 0.1) is 40.3 Å². The predicted octanol–water partition coefficient (Wildman–Crippen LogP) is 11.1. The van der Waals surface area contributed by atoms with Gasteiger partial charge in [0.15, 0.2) is 6.10 Å². The van der Waals surface area contributed by atoms with Crippen molar-refractivity contribution < 1.29 is 38.2 Å². The topological polar surface area (TPSA) is 102 Å². The van der Waals surface area contributed by atoms with Crippen molar-refractivity contribution >= 4 is 17.9 Å². The number of aliphatic carboxylic acids is 1. The van der Waals surface area contributed by atoms with Gasteiger partial charge in [0.25, 0.3) is 0 Å². The highest BCUT2D eigenvalue weighted by Crippen LogP contribution is 2.14. The second-order valence-corrected chi connectivity index (χ2v) is 16.3. The molecular formula is C48H85NO7. The van der Waals surface area contributed by atoms with Crippen LogP contribution >= 0.6 is 0 Å². The Morgan fingerprint density at radius 2 is 0.946 bits per heavy atom. The van der Waals surface area contributed by atoms with Gasteiger partial charge in [-0.25, -0.2) is 0 Å². The van der Waals surface area contributed by atoms with Crippen LogP contribution in [-0.2, 0) is 28.6 Å². The zero-order valence-electron chi connectivity index (χ0n) is 36.8. The number of esters is 2. The SMILES string of the molecule is CCCCC/C=C/C/C=C/C/C=C/C/C=C/CCCCCCCC(=O)OCC(COCCC(C(=O)[O-])[N+](C)(C)C)OC(=O)CCCCCCCCCCCCC. The van der Waals surface area contributed by atoms with Crippen molar-refractivity contribution in [2.75, 3.05) is 41.0 Å². The number of hydrogen-bond donors (Lipinski definition) is 0. The smallest absolute Gasteiger partial charge is 0.306 e. The molecule has 0 N–H and O–H groups in total. The molecule has 0 spiro atoms. The molecule has 0 aliphatic rings. The molecule has 0 aromatic rings. The summed E-state index contributed by atoms with van der Waals surface area (Å²) in [6, 6.07) is -0.728. The van der Waals surface area contributed by atoms with Crippen LogP contribution in [0.3, 0.4) is 0 Å². The van der Waals surface area contributed by atoms with Crippen molar-refractivity contribution in [3.05, 3.63) is 48.6 Å². The highest BCUT2D eigenvalue weighted by Gasteiger charge is 2.25. The van der Waals surface area contributed by atoms with E-state index in [0.29, 0.717) is 12.8 Å². The van der Waals surface area contributed by atoms with Crippen LogP contribution in [0.1, 0.15) is 187 Å². The third-order valence-corrected chi connectivity index (χ3v) is 9.97. The largest absolute Gasteiger partial charge is 0.544 e. The van der Waals surface area contributed by atoms with Crippen LogP contribution < -0.4 is 5.11 Å². The maximum atomic E-state index is 12.7. The summed E-state index contributed by atoms with van der Waals surface area (Å²) in [6.07, 6.45) is 45.6. The Morgan fingerprint density at radius 3 is 1.43 bits per heavy atom. The lowest BCUT2D eigenvalue weighted by Crippen LogP contribution is -2.55. The Labute approximate surface area is 344 Å². The highest BCUT2D eigenvalue weighted by atomic mass is 16.6. The zero-order chi connectivity index (χ0) is 41.4.